The van der Waals surface area contributed by atoms with Crippen LogP contribution in [0.15, 0.2) is 36.1 Å². The summed E-state index contributed by atoms with van der Waals surface area (Å²) in [5.41, 5.74) is 6.76. The predicted octanol–water partition coefficient (Wildman–Crippen LogP) is 1.52. The minimum Gasteiger partial charge on any atom is -0.376 e. The fourth-order valence-corrected chi connectivity index (χ4v) is 1.16. The zero-order valence-electron chi connectivity index (χ0n) is 8.40. The first kappa shape index (κ1) is 10.1. The fraction of sp³-hybridized carbons (Fsp3) is 0.455. The van der Waals surface area contributed by atoms with Crippen molar-refractivity contribution in [3.63, 3.8) is 0 Å². The Morgan fingerprint density at radius 1 is 1.69 bits per heavy atom. The smallest absolute Gasteiger partial charge is 0.0354 e. The van der Waals surface area contributed by atoms with Gasteiger partial charge in [-0.3, -0.25) is 0 Å². The van der Waals surface area contributed by atoms with Gasteiger partial charge in [0.1, 0.15) is 0 Å². The van der Waals surface area contributed by atoms with Crippen LogP contribution in [0.5, 0.6) is 0 Å². The molecule has 1 unspecified atom stereocenters. The van der Waals surface area contributed by atoms with Crippen molar-refractivity contribution in [1.82, 2.24) is 4.90 Å². The summed E-state index contributed by atoms with van der Waals surface area (Å²) in [6, 6.07) is 0. The molecule has 0 fully saturated rings. The predicted molar refractivity (Wildman–Crippen MR) is 57.2 cm³/mol. The van der Waals surface area contributed by atoms with Gasteiger partial charge in [-0.1, -0.05) is 31.2 Å². The minimum atomic E-state index is 0.460. The maximum Gasteiger partial charge on any atom is 0.0354 e. The Labute approximate surface area is 80.4 Å². The third-order valence-corrected chi connectivity index (χ3v) is 2.06. The van der Waals surface area contributed by atoms with Gasteiger partial charge in [0.15, 0.2) is 0 Å². The maximum absolute atomic E-state index is 5.52. The number of rotatable bonds is 3. The molecule has 0 aromatic heterocycles. The average molecular weight is 178 g/mol. The summed E-state index contributed by atoms with van der Waals surface area (Å²) in [5, 5.41) is 0. The Bertz CT molecular complexity index is 238. The molecule has 1 rings (SSSR count). The molecule has 2 heteroatoms. The van der Waals surface area contributed by atoms with Crippen molar-refractivity contribution in [2.75, 3.05) is 20.1 Å². The number of nitrogens with zero attached hydrogens (tertiary/aromatic N) is 1. The highest BCUT2D eigenvalue weighted by Crippen LogP contribution is 2.08. The fourth-order valence-electron chi connectivity index (χ4n) is 1.16. The molecule has 0 radical (unpaired) electrons. The van der Waals surface area contributed by atoms with Gasteiger partial charge in [0.05, 0.1) is 0 Å². The van der Waals surface area contributed by atoms with Crippen LogP contribution in [0.3, 0.4) is 0 Å². The highest BCUT2D eigenvalue weighted by Gasteiger charge is 1.97. The van der Waals surface area contributed by atoms with Gasteiger partial charge in [0, 0.05) is 19.8 Å². The van der Waals surface area contributed by atoms with Crippen molar-refractivity contribution in [2.24, 2.45) is 11.7 Å². The molecule has 0 aliphatic carbocycles. The lowest BCUT2D eigenvalue weighted by atomic mass is 10.1. The average Bonchev–Trinajstić information content (AvgIpc) is 2.14. The van der Waals surface area contributed by atoms with E-state index in [1.54, 1.807) is 0 Å². The van der Waals surface area contributed by atoms with Crippen molar-refractivity contribution in [3.05, 3.63) is 36.1 Å². The maximum atomic E-state index is 5.52. The topological polar surface area (TPSA) is 29.3 Å². The first-order valence-electron chi connectivity index (χ1n) is 4.69. The molecule has 1 heterocycles. The second-order valence-electron chi connectivity index (χ2n) is 3.54. The van der Waals surface area contributed by atoms with E-state index >= 15 is 0 Å². The summed E-state index contributed by atoms with van der Waals surface area (Å²) >= 11 is 0. The lowest BCUT2D eigenvalue weighted by Gasteiger charge is -2.16. The van der Waals surface area contributed by atoms with Crippen molar-refractivity contribution in [2.45, 2.75) is 6.92 Å². The van der Waals surface area contributed by atoms with Crippen LogP contribution in [0, 0.1) is 5.92 Å². The molecule has 0 aromatic carbocycles. The van der Waals surface area contributed by atoms with Crippen molar-refractivity contribution < 1.29 is 0 Å². The Hall–Kier alpha value is -1.02. The van der Waals surface area contributed by atoms with Gasteiger partial charge < -0.3 is 10.6 Å². The SMILES string of the molecule is CC(/C=C\C1=CN(C)CC=C1)CN. The second-order valence-corrected chi connectivity index (χ2v) is 3.54. The van der Waals surface area contributed by atoms with Crippen LogP contribution in [-0.2, 0) is 0 Å². The highest BCUT2D eigenvalue weighted by molar-refractivity contribution is 5.32. The van der Waals surface area contributed by atoms with Gasteiger partial charge in [-0.05, 0) is 18.0 Å². The molecule has 0 saturated heterocycles. The molecule has 0 spiro atoms. The Balaban J connectivity index is 2.53. The lowest BCUT2D eigenvalue weighted by Crippen LogP contribution is -2.13. The molecule has 0 amide bonds. The van der Waals surface area contributed by atoms with Crippen molar-refractivity contribution >= 4 is 0 Å². The van der Waals surface area contributed by atoms with E-state index in [-0.39, 0.29) is 0 Å². The van der Waals surface area contributed by atoms with Crippen LogP contribution in [-0.4, -0.2) is 25.0 Å². The van der Waals surface area contributed by atoms with Gasteiger partial charge in [0.2, 0.25) is 0 Å². The molecule has 72 valence electrons. The van der Waals surface area contributed by atoms with Gasteiger partial charge in [-0.25, -0.2) is 0 Å². The Kier molecular flexibility index (Phi) is 3.77. The van der Waals surface area contributed by atoms with Crippen molar-refractivity contribution in [1.29, 1.82) is 0 Å². The van der Waals surface area contributed by atoms with E-state index in [2.05, 4.69) is 49.4 Å². The standard InChI is InChI=1S/C11H18N2/c1-10(8-12)5-6-11-4-3-7-13(2)9-11/h3-6,9-10H,7-8,12H2,1-2H3/b6-5-. The summed E-state index contributed by atoms with van der Waals surface area (Å²) in [7, 11) is 2.07. The molecule has 0 aromatic rings. The number of hydrogen-bond donors (Lipinski definition) is 1. The second kappa shape index (κ2) is 4.87. The van der Waals surface area contributed by atoms with E-state index in [9.17, 15) is 0 Å². The largest absolute Gasteiger partial charge is 0.376 e. The molecular formula is C11H18N2. The number of hydrogen-bond acceptors (Lipinski definition) is 2. The van der Waals surface area contributed by atoms with Crippen LogP contribution in [0.2, 0.25) is 0 Å². The first-order chi connectivity index (χ1) is 6.22. The number of allylic oxidation sites excluding steroid dienone is 3. The van der Waals surface area contributed by atoms with Gasteiger partial charge in [0.25, 0.3) is 0 Å². The molecule has 0 bridgehead atoms. The molecule has 0 saturated carbocycles. The molecule has 1 aliphatic heterocycles. The van der Waals surface area contributed by atoms with Gasteiger partial charge in [-0.2, -0.15) is 0 Å². The normalized spacial score (nSPS) is 19.3. The van der Waals surface area contributed by atoms with Gasteiger partial charge in [-0.15, -0.1) is 0 Å². The van der Waals surface area contributed by atoms with Crippen LogP contribution in [0.4, 0.5) is 0 Å². The van der Waals surface area contributed by atoms with E-state index in [0.29, 0.717) is 12.5 Å². The molecule has 1 atom stereocenters. The van der Waals surface area contributed by atoms with E-state index < -0.39 is 0 Å². The molecule has 2 nitrogen and oxygen atoms in total. The van der Waals surface area contributed by atoms with E-state index in [0.717, 1.165) is 6.54 Å². The third-order valence-electron chi connectivity index (χ3n) is 2.06. The lowest BCUT2D eigenvalue weighted by molar-refractivity contribution is 0.501. The summed E-state index contributed by atoms with van der Waals surface area (Å²) in [6.45, 7) is 3.83. The van der Waals surface area contributed by atoms with E-state index in [1.807, 2.05) is 0 Å². The Morgan fingerprint density at radius 2 is 2.46 bits per heavy atom. The minimum absolute atomic E-state index is 0.460. The van der Waals surface area contributed by atoms with Crippen molar-refractivity contribution in [3.8, 4) is 0 Å². The van der Waals surface area contributed by atoms with Crippen LogP contribution >= 0.6 is 0 Å². The number of nitrogens with two attached hydrogens (primary N) is 1. The summed E-state index contributed by atoms with van der Waals surface area (Å²) < 4.78 is 0. The first-order valence-corrected chi connectivity index (χ1v) is 4.69. The zero-order valence-corrected chi connectivity index (χ0v) is 8.40. The molecule has 1 aliphatic rings. The molecule has 2 N–H and O–H groups in total. The highest BCUT2D eigenvalue weighted by atomic mass is 15.1. The molecule has 13 heavy (non-hydrogen) atoms. The van der Waals surface area contributed by atoms with Crippen LogP contribution in [0.1, 0.15) is 6.92 Å². The van der Waals surface area contributed by atoms with Crippen LogP contribution < -0.4 is 5.73 Å². The number of likely N-dealkylation sites (N-methyl/N-ethyl adjacent to an activating group) is 1. The zero-order chi connectivity index (χ0) is 9.68. The van der Waals surface area contributed by atoms with Gasteiger partial charge >= 0.3 is 0 Å². The molecular weight excluding hydrogens is 160 g/mol. The quantitative estimate of drug-likeness (QED) is 0.710. The third kappa shape index (κ3) is 3.47. The summed E-state index contributed by atoms with van der Waals surface area (Å²) in [5.74, 6) is 0.460. The summed E-state index contributed by atoms with van der Waals surface area (Å²) in [4.78, 5) is 2.16. The monoisotopic (exact) mass is 178 g/mol. The van der Waals surface area contributed by atoms with E-state index in [4.69, 9.17) is 5.73 Å². The van der Waals surface area contributed by atoms with Crippen LogP contribution in [0.25, 0.3) is 0 Å². The summed E-state index contributed by atoms with van der Waals surface area (Å²) in [6.07, 6.45) is 10.7. The van der Waals surface area contributed by atoms with E-state index in [1.165, 1.54) is 5.57 Å². The Morgan fingerprint density at radius 3 is 3.08 bits per heavy atom.